The zero-order chi connectivity index (χ0) is 19.5. The number of carbonyl (C=O) groups excluding carboxylic acids is 1. The van der Waals surface area contributed by atoms with Crippen LogP contribution in [0.15, 0.2) is 41.3 Å². The molecule has 1 N–H and O–H groups in total. The first kappa shape index (κ1) is 19.7. The van der Waals surface area contributed by atoms with Gasteiger partial charge in [0.05, 0.1) is 27.0 Å². The van der Waals surface area contributed by atoms with Crippen molar-refractivity contribution >= 4 is 39.0 Å². The van der Waals surface area contributed by atoms with Gasteiger partial charge in [0.2, 0.25) is 0 Å². The Morgan fingerprint density at radius 2 is 1.88 bits per heavy atom. The van der Waals surface area contributed by atoms with Gasteiger partial charge in [0, 0.05) is 17.3 Å². The number of sulfonamides is 1. The van der Waals surface area contributed by atoms with E-state index >= 15 is 0 Å². The van der Waals surface area contributed by atoms with Crippen LogP contribution in [-0.4, -0.2) is 25.9 Å². The van der Waals surface area contributed by atoms with E-state index < -0.39 is 26.6 Å². The molecule has 0 radical (unpaired) electrons. The van der Waals surface area contributed by atoms with Crippen molar-refractivity contribution < 1.29 is 22.9 Å². The third-order valence-corrected chi connectivity index (χ3v) is 5.20. The average Bonchev–Trinajstić information content (AvgIpc) is 2.57. The number of anilines is 1. The predicted molar refractivity (Wildman–Crippen MR) is 96.1 cm³/mol. The Kier molecular flexibility index (Phi) is 5.83. The summed E-state index contributed by atoms with van der Waals surface area (Å²) in [6.45, 7) is 3.32. The third kappa shape index (κ3) is 4.30. The first-order chi connectivity index (χ1) is 12.2. The molecule has 0 unspecified atom stereocenters. The number of nitro groups is 1. The summed E-state index contributed by atoms with van der Waals surface area (Å²) in [4.78, 5) is 21.6. The van der Waals surface area contributed by atoms with Crippen LogP contribution < -0.4 is 4.72 Å². The van der Waals surface area contributed by atoms with Crippen LogP contribution in [0.4, 0.5) is 11.4 Å². The lowest BCUT2D eigenvalue weighted by molar-refractivity contribution is -0.385. The first-order valence-electron chi connectivity index (χ1n) is 7.40. The second kappa shape index (κ2) is 7.71. The molecule has 2 aromatic rings. The Bertz CT molecular complexity index is 957. The summed E-state index contributed by atoms with van der Waals surface area (Å²) in [7, 11) is -4.11. The molecule has 0 saturated carbocycles. The maximum Gasteiger partial charge on any atom is 0.338 e. The molecule has 138 valence electrons. The van der Waals surface area contributed by atoms with Gasteiger partial charge in [-0.15, -0.1) is 0 Å². The number of halogens is 1. The number of ether oxygens (including phenoxy) is 1. The van der Waals surface area contributed by atoms with Crippen LogP contribution in [0.3, 0.4) is 0 Å². The molecule has 0 bridgehead atoms. The minimum atomic E-state index is -4.11. The van der Waals surface area contributed by atoms with Gasteiger partial charge in [0.1, 0.15) is 0 Å². The van der Waals surface area contributed by atoms with Crippen molar-refractivity contribution in [1.29, 1.82) is 0 Å². The molecule has 26 heavy (non-hydrogen) atoms. The lowest BCUT2D eigenvalue weighted by Crippen LogP contribution is -2.14. The number of rotatable bonds is 6. The Labute approximate surface area is 154 Å². The fraction of sp³-hybridized carbons (Fsp3) is 0.188. The minimum Gasteiger partial charge on any atom is -0.462 e. The molecule has 0 aliphatic carbocycles. The van der Waals surface area contributed by atoms with Crippen LogP contribution in [0.5, 0.6) is 0 Å². The van der Waals surface area contributed by atoms with E-state index in [9.17, 15) is 23.3 Å². The van der Waals surface area contributed by atoms with Crippen LogP contribution in [-0.2, 0) is 14.8 Å². The highest BCUT2D eigenvalue weighted by molar-refractivity contribution is 7.92. The normalized spacial score (nSPS) is 11.0. The lowest BCUT2D eigenvalue weighted by Gasteiger charge is -2.10. The molecule has 0 amide bonds. The van der Waals surface area contributed by atoms with Gasteiger partial charge in [0.15, 0.2) is 0 Å². The first-order valence-corrected chi connectivity index (χ1v) is 9.26. The molecule has 0 saturated heterocycles. The van der Waals surface area contributed by atoms with E-state index in [4.69, 9.17) is 16.3 Å². The molecule has 0 fully saturated rings. The molecule has 0 aliphatic heterocycles. The van der Waals surface area contributed by atoms with Crippen molar-refractivity contribution in [2.75, 3.05) is 11.3 Å². The molecule has 8 nitrogen and oxygen atoms in total. The smallest absolute Gasteiger partial charge is 0.338 e. The molecule has 2 aromatic carbocycles. The van der Waals surface area contributed by atoms with E-state index in [0.29, 0.717) is 0 Å². The van der Waals surface area contributed by atoms with Crippen LogP contribution in [0, 0.1) is 17.0 Å². The molecule has 0 aliphatic rings. The summed E-state index contributed by atoms with van der Waals surface area (Å²) in [6, 6.07) is 7.65. The van der Waals surface area contributed by atoms with Crippen molar-refractivity contribution in [3.05, 3.63) is 62.7 Å². The quantitative estimate of drug-likeness (QED) is 0.452. The predicted octanol–water partition coefficient (Wildman–Crippen LogP) is 3.53. The SMILES string of the molecule is CCOC(=O)c1ccc(NS(=O)(=O)c2cc(Cl)c(C)c([N+](=O)[O-])c2)cc1. The van der Waals surface area contributed by atoms with E-state index in [1.807, 2.05) is 0 Å². The van der Waals surface area contributed by atoms with Crippen LogP contribution in [0.25, 0.3) is 0 Å². The maximum atomic E-state index is 12.5. The minimum absolute atomic E-state index is 0.0303. The lowest BCUT2D eigenvalue weighted by atomic mass is 10.2. The van der Waals surface area contributed by atoms with Crippen LogP contribution >= 0.6 is 11.6 Å². The standard InChI is InChI=1S/C16H15ClN2O6S/c1-3-25-16(20)11-4-6-12(7-5-11)18-26(23,24)13-8-14(17)10(2)15(9-13)19(21)22/h4-9,18H,3H2,1-2H3. The van der Waals surface area contributed by atoms with Crippen molar-refractivity contribution in [2.45, 2.75) is 18.7 Å². The largest absolute Gasteiger partial charge is 0.462 e. The van der Waals surface area contributed by atoms with Gasteiger partial charge in [-0.25, -0.2) is 13.2 Å². The molecule has 0 heterocycles. The summed E-state index contributed by atoms with van der Waals surface area (Å²) in [6.07, 6.45) is 0. The number of esters is 1. The number of carbonyl (C=O) groups is 1. The Hall–Kier alpha value is -2.65. The summed E-state index contributed by atoms with van der Waals surface area (Å²) in [5.74, 6) is -0.525. The zero-order valence-electron chi connectivity index (χ0n) is 13.9. The Morgan fingerprint density at radius 3 is 2.42 bits per heavy atom. The Balaban J connectivity index is 2.32. The van der Waals surface area contributed by atoms with E-state index in [-0.39, 0.29) is 33.3 Å². The average molecular weight is 399 g/mol. The number of nitrogens with one attached hydrogen (secondary N) is 1. The molecular weight excluding hydrogens is 384 g/mol. The maximum absolute atomic E-state index is 12.5. The molecule has 0 aromatic heterocycles. The molecule has 0 atom stereocenters. The molecule has 0 spiro atoms. The number of nitro benzene ring substituents is 1. The number of benzene rings is 2. The summed E-state index contributed by atoms with van der Waals surface area (Å²) < 4.78 is 32.1. The highest BCUT2D eigenvalue weighted by atomic mass is 35.5. The summed E-state index contributed by atoms with van der Waals surface area (Å²) in [5.41, 5.74) is 0.228. The van der Waals surface area contributed by atoms with E-state index in [1.54, 1.807) is 6.92 Å². The fourth-order valence-electron chi connectivity index (χ4n) is 2.09. The van der Waals surface area contributed by atoms with Gasteiger partial charge in [0.25, 0.3) is 15.7 Å². The van der Waals surface area contributed by atoms with Crippen molar-refractivity contribution in [1.82, 2.24) is 0 Å². The second-order valence-corrected chi connectivity index (χ2v) is 7.30. The topological polar surface area (TPSA) is 116 Å². The van der Waals surface area contributed by atoms with Gasteiger partial charge < -0.3 is 4.74 Å². The number of nitrogens with zero attached hydrogens (tertiary/aromatic N) is 1. The highest BCUT2D eigenvalue weighted by Gasteiger charge is 2.22. The van der Waals surface area contributed by atoms with Gasteiger partial charge in [-0.1, -0.05) is 11.6 Å². The summed E-state index contributed by atoms with van der Waals surface area (Å²) in [5, 5.41) is 11.0. The molecule has 10 heteroatoms. The van der Waals surface area contributed by atoms with Gasteiger partial charge >= 0.3 is 5.97 Å². The fourth-order valence-corrected chi connectivity index (χ4v) is 3.47. The van der Waals surface area contributed by atoms with Crippen molar-refractivity contribution in [3.63, 3.8) is 0 Å². The van der Waals surface area contributed by atoms with Gasteiger partial charge in [-0.3, -0.25) is 14.8 Å². The number of hydrogen-bond donors (Lipinski definition) is 1. The van der Waals surface area contributed by atoms with Gasteiger partial charge in [-0.05, 0) is 44.2 Å². The third-order valence-electron chi connectivity index (χ3n) is 3.45. The van der Waals surface area contributed by atoms with Crippen LogP contribution in [0.1, 0.15) is 22.8 Å². The van der Waals surface area contributed by atoms with Crippen LogP contribution in [0.2, 0.25) is 5.02 Å². The Morgan fingerprint density at radius 1 is 1.27 bits per heavy atom. The molecular formula is C16H15ClN2O6S. The number of hydrogen-bond acceptors (Lipinski definition) is 6. The van der Waals surface area contributed by atoms with E-state index in [0.717, 1.165) is 12.1 Å². The van der Waals surface area contributed by atoms with Gasteiger partial charge in [-0.2, -0.15) is 0 Å². The second-order valence-electron chi connectivity index (χ2n) is 5.21. The highest BCUT2D eigenvalue weighted by Crippen LogP contribution is 2.30. The zero-order valence-corrected chi connectivity index (χ0v) is 15.4. The van der Waals surface area contributed by atoms with Crippen molar-refractivity contribution in [3.8, 4) is 0 Å². The van der Waals surface area contributed by atoms with E-state index in [1.165, 1.54) is 31.2 Å². The monoisotopic (exact) mass is 398 g/mol. The van der Waals surface area contributed by atoms with Crippen molar-refractivity contribution in [2.24, 2.45) is 0 Å². The van der Waals surface area contributed by atoms with E-state index in [2.05, 4.69) is 4.72 Å². The molecule has 2 rings (SSSR count). The summed E-state index contributed by atoms with van der Waals surface area (Å²) >= 11 is 5.91.